The smallest absolute Gasteiger partial charge is 0.137 e. The minimum Gasteiger partial charge on any atom is -0.312 e. The van der Waals surface area contributed by atoms with E-state index < -0.39 is 0 Å². The minimum absolute atomic E-state index is 0.186. The molecular weight excluding hydrogens is 289 g/mol. The molecule has 1 aromatic carbocycles. The van der Waals surface area contributed by atoms with Gasteiger partial charge in [0.1, 0.15) is 5.82 Å². The number of thioether (sulfide) groups is 1. The molecule has 88 valence electrons. The Morgan fingerprint density at radius 2 is 2.38 bits per heavy atom. The molecule has 0 amide bonds. The lowest BCUT2D eigenvalue weighted by atomic mass is 10.2. The Kier molecular flexibility index (Phi) is 4.67. The average molecular weight is 304 g/mol. The number of nitrogens with one attached hydrogen (secondary N) is 1. The van der Waals surface area contributed by atoms with Gasteiger partial charge in [-0.25, -0.2) is 4.39 Å². The standard InChI is InChI=1S/C12H15BrFNS/c13-12-9(3-1-5-11(12)14)7-15-8-10-4-2-6-16-10/h1,3,5,10,15H,2,4,6-8H2. The molecule has 0 spiro atoms. The number of benzene rings is 1. The first-order valence-electron chi connectivity index (χ1n) is 5.52. The summed E-state index contributed by atoms with van der Waals surface area (Å²) in [5, 5.41) is 4.14. The molecule has 4 heteroatoms. The van der Waals surface area contributed by atoms with E-state index in [1.165, 1.54) is 24.7 Å². The van der Waals surface area contributed by atoms with Gasteiger partial charge in [0.2, 0.25) is 0 Å². The summed E-state index contributed by atoms with van der Waals surface area (Å²) >= 11 is 5.31. The van der Waals surface area contributed by atoms with Gasteiger partial charge in [-0.15, -0.1) is 0 Å². The molecule has 0 aromatic heterocycles. The minimum atomic E-state index is -0.186. The first-order chi connectivity index (χ1) is 7.77. The molecule has 1 nitrogen and oxygen atoms in total. The second-order valence-electron chi connectivity index (χ2n) is 3.98. The molecule has 0 saturated carbocycles. The third-order valence-electron chi connectivity index (χ3n) is 2.74. The Balaban J connectivity index is 1.82. The molecule has 1 saturated heterocycles. The van der Waals surface area contributed by atoms with E-state index in [9.17, 15) is 4.39 Å². The van der Waals surface area contributed by atoms with Crippen molar-refractivity contribution < 1.29 is 4.39 Å². The summed E-state index contributed by atoms with van der Waals surface area (Å²) in [4.78, 5) is 0. The van der Waals surface area contributed by atoms with Crippen molar-refractivity contribution in [1.29, 1.82) is 0 Å². The largest absolute Gasteiger partial charge is 0.312 e. The number of hydrogen-bond acceptors (Lipinski definition) is 2. The Bertz CT molecular complexity index is 353. The molecule has 1 aromatic rings. The highest BCUT2D eigenvalue weighted by atomic mass is 79.9. The highest BCUT2D eigenvalue weighted by molar-refractivity contribution is 9.10. The third kappa shape index (κ3) is 3.22. The van der Waals surface area contributed by atoms with Gasteiger partial charge >= 0.3 is 0 Å². The highest BCUT2D eigenvalue weighted by Crippen LogP contribution is 2.25. The van der Waals surface area contributed by atoms with Gasteiger partial charge in [0.25, 0.3) is 0 Å². The molecule has 1 fully saturated rings. The van der Waals surface area contributed by atoms with Crippen molar-refractivity contribution >= 4 is 27.7 Å². The fourth-order valence-electron chi connectivity index (χ4n) is 1.86. The summed E-state index contributed by atoms with van der Waals surface area (Å²) in [5.41, 5.74) is 0.989. The van der Waals surface area contributed by atoms with Gasteiger partial charge in [-0.2, -0.15) is 11.8 Å². The van der Waals surface area contributed by atoms with Crippen molar-refractivity contribution in [3.05, 3.63) is 34.1 Å². The zero-order valence-electron chi connectivity index (χ0n) is 9.01. The Morgan fingerprint density at radius 3 is 3.12 bits per heavy atom. The van der Waals surface area contributed by atoms with Crippen LogP contribution < -0.4 is 5.32 Å². The van der Waals surface area contributed by atoms with Crippen LogP contribution in [0.4, 0.5) is 4.39 Å². The van der Waals surface area contributed by atoms with E-state index in [1.54, 1.807) is 6.07 Å². The second kappa shape index (κ2) is 6.03. The van der Waals surface area contributed by atoms with Crippen LogP contribution in [0.1, 0.15) is 18.4 Å². The van der Waals surface area contributed by atoms with Gasteiger partial charge in [-0.3, -0.25) is 0 Å². The van der Waals surface area contributed by atoms with E-state index in [0.29, 0.717) is 4.47 Å². The van der Waals surface area contributed by atoms with Crippen molar-refractivity contribution in [1.82, 2.24) is 5.32 Å². The zero-order valence-corrected chi connectivity index (χ0v) is 11.4. The van der Waals surface area contributed by atoms with Gasteiger partial charge in [0, 0.05) is 18.3 Å². The van der Waals surface area contributed by atoms with Gasteiger partial charge in [0.05, 0.1) is 4.47 Å². The normalized spacial score (nSPS) is 20.2. The molecule has 1 aliphatic heterocycles. The monoisotopic (exact) mass is 303 g/mol. The molecule has 1 unspecified atom stereocenters. The van der Waals surface area contributed by atoms with E-state index in [2.05, 4.69) is 21.2 Å². The average Bonchev–Trinajstić information content (AvgIpc) is 2.77. The molecule has 2 rings (SSSR count). The first-order valence-corrected chi connectivity index (χ1v) is 7.37. The summed E-state index contributed by atoms with van der Waals surface area (Å²) in [7, 11) is 0. The quantitative estimate of drug-likeness (QED) is 0.912. The zero-order chi connectivity index (χ0) is 11.4. The van der Waals surface area contributed by atoms with Crippen molar-refractivity contribution in [3.8, 4) is 0 Å². The number of rotatable bonds is 4. The third-order valence-corrected chi connectivity index (χ3v) is 5.03. The number of halogens is 2. The van der Waals surface area contributed by atoms with E-state index in [0.717, 1.165) is 23.9 Å². The van der Waals surface area contributed by atoms with E-state index in [-0.39, 0.29) is 5.82 Å². The molecule has 16 heavy (non-hydrogen) atoms. The van der Waals surface area contributed by atoms with E-state index >= 15 is 0 Å². The first kappa shape index (κ1) is 12.4. The van der Waals surface area contributed by atoms with Crippen molar-refractivity contribution in [2.75, 3.05) is 12.3 Å². The Labute approximate surface area is 108 Å². The van der Waals surface area contributed by atoms with Gasteiger partial charge in [0.15, 0.2) is 0 Å². The maximum Gasteiger partial charge on any atom is 0.137 e. The van der Waals surface area contributed by atoms with Crippen LogP contribution >= 0.6 is 27.7 Å². The maximum atomic E-state index is 13.2. The van der Waals surface area contributed by atoms with Crippen LogP contribution in [0.15, 0.2) is 22.7 Å². The number of hydrogen-bond donors (Lipinski definition) is 1. The summed E-state index contributed by atoms with van der Waals surface area (Å²) in [5.74, 6) is 1.10. The van der Waals surface area contributed by atoms with Crippen LogP contribution in [-0.4, -0.2) is 17.5 Å². The molecule has 0 bridgehead atoms. The van der Waals surface area contributed by atoms with Crippen molar-refractivity contribution in [2.24, 2.45) is 0 Å². The summed E-state index contributed by atoms with van der Waals surface area (Å²) in [6.45, 7) is 1.75. The van der Waals surface area contributed by atoms with E-state index in [4.69, 9.17) is 0 Å². The van der Waals surface area contributed by atoms with Crippen LogP contribution in [0.5, 0.6) is 0 Å². The van der Waals surface area contributed by atoms with Crippen LogP contribution in [0.25, 0.3) is 0 Å². The molecule has 0 aliphatic carbocycles. The van der Waals surface area contributed by atoms with Gasteiger partial charge in [-0.05, 0) is 46.2 Å². The molecule has 1 N–H and O–H groups in total. The summed E-state index contributed by atoms with van der Waals surface area (Å²) in [6.07, 6.45) is 2.64. The summed E-state index contributed by atoms with van der Waals surface area (Å²) in [6, 6.07) is 5.17. The molecule has 1 atom stereocenters. The SMILES string of the molecule is Fc1cccc(CNCC2CCCS2)c1Br. The highest BCUT2D eigenvalue weighted by Gasteiger charge is 2.14. The molecule has 0 radical (unpaired) electrons. The van der Waals surface area contributed by atoms with E-state index in [1.807, 2.05) is 17.8 Å². The van der Waals surface area contributed by atoms with Crippen LogP contribution in [-0.2, 0) is 6.54 Å². The van der Waals surface area contributed by atoms with Crippen LogP contribution in [0.2, 0.25) is 0 Å². The van der Waals surface area contributed by atoms with Crippen molar-refractivity contribution in [2.45, 2.75) is 24.6 Å². The maximum absolute atomic E-state index is 13.2. The second-order valence-corrected chi connectivity index (χ2v) is 6.18. The fraction of sp³-hybridized carbons (Fsp3) is 0.500. The fourth-order valence-corrected chi connectivity index (χ4v) is 3.50. The lowest BCUT2D eigenvalue weighted by molar-refractivity contribution is 0.608. The Hall–Kier alpha value is -0.0600. The summed E-state index contributed by atoms with van der Waals surface area (Å²) < 4.78 is 13.8. The topological polar surface area (TPSA) is 12.0 Å². The van der Waals surface area contributed by atoms with Gasteiger partial charge < -0.3 is 5.32 Å². The predicted octanol–water partition coefficient (Wildman–Crippen LogP) is 3.57. The van der Waals surface area contributed by atoms with Gasteiger partial charge in [-0.1, -0.05) is 12.1 Å². The predicted molar refractivity (Wildman–Crippen MR) is 71.3 cm³/mol. The van der Waals surface area contributed by atoms with Crippen LogP contribution in [0.3, 0.4) is 0 Å². The molecule has 1 heterocycles. The van der Waals surface area contributed by atoms with Crippen molar-refractivity contribution in [3.63, 3.8) is 0 Å². The molecular formula is C12H15BrFNS. The van der Waals surface area contributed by atoms with Crippen LogP contribution in [0, 0.1) is 5.82 Å². The Morgan fingerprint density at radius 1 is 1.50 bits per heavy atom. The lowest BCUT2D eigenvalue weighted by Gasteiger charge is -2.11. The molecule has 1 aliphatic rings. The lowest BCUT2D eigenvalue weighted by Crippen LogP contribution is -2.22.